The van der Waals surface area contributed by atoms with E-state index < -0.39 is 5.97 Å². The van der Waals surface area contributed by atoms with Gasteiger partial charge < -0.3 is 5.11 Å². The van der Waals surface area contributed by atoms with Gasteiger partial charge in [-0.3, -0.25) is 4.79 Å². The summed E-state index contributed by atoms with van der Waals surface area (Å²) < 4.78 is 1.70. The number of tetrazole rings is 1. The van der Waals surface area contributed by atoms with Crippen LogP contribution in [0.15, 0.2) is 0 Å². The van der Waals surface area contributed by atoms with Gasteiger partial charge in [-0.05, 0) is 28.7 Å². The van der Waals surface area contributed by atoms with Crippen LogP contribution in [0.4, 0.5) is 0 Å². The Morgan fingerprint density at radius 2 is 2.11 bits per heavy atom. The van der Waals surface area contributed by atoms with Gasteiger partial charge in [-0.2, -0.15) is 0 Å². The van der Waals surface area contributed by atoms with Crippen LogP contribution in [0.25, 0.3) is 0 Å². The summed E-state index contributed by atoms with van der Waals surface area (Å²) in [4.78, 5) is 11.0. The van der Waals surface area contributed by atoms with Crippen molar-refractivity contribution < 1.29 is 9.90 Å². The maximum Gasteiger partial charge on any atom is 0.305 e. The van der Waals surface area contributed by atoms with E-state index in [1.807, 2.05) is 0 Å². The molecule has 6 nitrogen and oxygen atoms in total. The zero-order valence-electron chi connectivity index (χ0n) is 12.3. The number of unbranched alkanes of at least 4 members (excludes halogenated alkanes) is 1. The molecule has 0 aromatic carbocycles. The van der Waals surface area contributed by atoms with Crippen molar-refractivity contribution in [3.63, 3.8) is 0 Å². The van der Waals surface area contributed by atoms with Crippen molar-refractivity contribution in [3.8, 4) is 0 Å². The van der Waals surface area contributed by atoms with E-state index in [4.69, 9.17) is 5.11 Å². The summed E-state index contributed by atoms with van der Waals surface area (Å²) in [5, 5.41) is 20.8. The van der Waals surface area contributed by atoms with Gasteiger partial charge in [0.1, 0.15) is 0 Å². The first-order valence-electron chi connectivity index (χ1n) is 6.82. The molecule has 6 heteroatoms. The van der Waals surface area contributed by atoms with Crippen molar-refractivity contribution in [2.75, 3.05) is 0 Å². The lowest BCUT2D eigenvalue weighted by Gasteiger charge is -2.25. The highest BCUT2D eigenvalue weighted by Gasteiger charge is 2.25. The number of carbonyl (C=O) groups is 1. The molecule has 1 heterocycles. The monoisotopic (exact) mass is 268 g/mol. The molecule has 0 aliphatic carbocycles. The van der Waals surface area contributed by atoms with Gasteiger partial charge in [0.05, 0.1) is 12.5 Å². The van der Waals surface area contributed by atoms with Crippen molar-refractivity contribution in [3.05, 3.63) is 5.82 Å². The molecular formula is C13H24N4O2. The molecule has 0 fully saturated rings. The zero-order valence-corrected chi connectivity index (χ0v) is 12.3. The smallest absolute Gasteiger partial charge is 0.305 e. The van der Waals surface area contributed by atoms with Crippen LogP contribution in [0, 0.1) is 5.41 Å². The molecule has 108 valence electrons. The van der Waals surface area contributed by atoms with E-state index in [0.717, 1.165) is 31.5 Å². The van der Waals surface area contributed by atoms with Crippen LogP contribution in [-0.2, 0) is 11.2 Å². The molecule has 0 saturated carbocycles. The maximum atomic E-state index is 11.0. The maximum absolute atomic E-state index is 11.0. The summed E-state index contributed by atoms with van der Waals surface area (Å²) >= 11 is 0. The second-order valence-electron chi connectivity index (χ2n) is 6.16. The minimum absolute atomic E-state index is 0.0358. The second kappa shape index (κ2) is 6.63. The van der Waals surface area contributed by atoms with Gasteiger partial charge >= 0.3 is 5.97 Å². The number of hydrogen-bond acceptors (Lipinski definition) is 4. The molecule has 0 amide bonds. The fourth-order valence-corrected chi connectivity index (χ4v) is 2.15. The number of nitrogens with zero attached hydrogens (tertiary/aromatic N) is 4. The van der Waals surface area contributed by atoms with Crippen molar-refractivity contribution in [2.45, 2.75) is 65.8 Å². The van der Waals surface area contributed by atoms with E-state index in [-0.39, 0.29) is 17.9 Å². The summed E-state index contributed by atoms with van der Waals surface area (Å²) in [5.41, 5.74) is 0.0358. The number of hydrogen-bond donors (Lipinski definition) is 1. The molecule has 0 saturated heterocycles. The minimum Gasteiger partial charge on any atom is -0.481 e. The third-order valence-electron chi connectivity index (χ3n) is 2.92. The molecule has 1 atom stereocenters. The molecule has 1 unspecified atom stereocenters. The van der Waals surface area contributed by atoms with Crippen molar-refractivity contribution in [1.82, 2.24) is 20.2 Å². The Morgan fingerprint density at radius 3 is 2.63 bits per heavy atom. The topological polar surface area (TPSA) is 80.9 Å². The Labute approximate surface area is 114 Å². The molecule has 1 aromatic rings. The van der Waals surface area contributed by atoms with E-state index in [0.29, 0.717) is 0 Å². The number of aliphatic carboxylic acids is 1. The highest BCUT2D eigenvalue weighted by atomic mass is 16.4. The normalized spacial score (nSPS) is 13.5. The van der Waals surface area contributed by atoms with Gasteiger partial charge in [0, 0.05) is 6.42 Å². The Bertz CT molecular complexity index is 409. The van der Waals surface area contributed by atoms with E-state index in [1.54, 1.807) is 4.68 Å². The quantitative estimate of drug-likeness (QED) is 0.821. The van der Waals surface area contributed by atoms with E-state index in [9.17, 15) is 4.79 Å². The highest BCUT2D eigenvalue weighted by Crippen LogP contribution is 2.29. The number of carboxylic acid groups (broad SMARTS) is 1. The fourth-order valence-electron chi connectivity index (χ4n) is 2.15. The average Bonchev–Trinajstić information content (AvgIpc) is 2.70. The first-order chi connectivity index (χ1) is 8.83. The van der Waals surface area contributed by atoms with Gasteiger partial charge in [0.2, 0.25) is 0 Å². The SMILES string of the molecule is CCCCc1nnnn1C(CC(=O)O)CC(C)(C)C. The molecular weight excluding hydrogens is 244 g/mol. The number of aromatic nitrogens is 4. The number of rotatable bonds is 7. The van der Waals surface area contributed by atoms with Crippen molar-refractivity contribution in [1.29, 1.82) is 0 Å². The van der Waals surface area contributed by atoms with Crippen LogP contribution in [0.2, 0.25) is 0 Å². The third kappa shape index (κ3) is 5.36. The molecule has 1 aromatic heterocycles. The van der Waals surface area contributed by atoms with E-state index in [2.05, 4.69) is 43.2 Å². The van der Waals surface area contributed by atoms with Gasteiger partial charge in [0.15, 0.2) is 5.82 Å². The summed E-state index contributed by atoms with van der Waals surface area (Å²) in [5.74, 6) is -0.0245. The molecule has 0 aliphatic rings. The van der Waals surface area contributed by atoms with Gasteiger partial charge in [-0.1, -0.05) is 34.1 Å². The molecule has 1 N–H and O–H groups in total. The Morgan fingerprint density at radius 1 is 1.42 bits per heavy atom. The van der Waals surface area contributed by atoms with E-state index >= 15 is 0 Å². The molecule has 0 aliphatic heterocycles. The molecule has 0 bridgehead atoms. The largest absolute Gasteiger partial charge is 0.481 e. The van der Waals surface area contributed by atoms with Crippen LogP contribution < -0.4 is 0 Å². The Balaban J connectivity index is 2.90. The summed E-state index contributed by atoms with van der Waals surface area (Å²) in [6.07, 6.45) is 3.67. The van der Waals surface area contributed by atoms with E-state index in [1.165, 1.54) is 0 Å². The second-order valence-corrected chi connectivity index (χ2v) is 6.16. The molecule has 19 heavy (non-hydrogen) atoms. The van der Waals surface area contributed by atoms with Crippen LogP contribution >= 0.6 is 0 Å². The first kappa shape index (κ1) is 15.6. The summed E-state index contributed by atoms with van der Waals surface area (Å²) in [7, 11) is 0. The van der Waals surface area contributed by atoms with Crippen LogP contribution in [0.5, 0.6) is 0 Å². The molecule has 0 spiro atoms. The number of aryl methyl sites for hydroxylation is 1. The lowest BCUT2D eigenvalue weighted by molar-refractivity contribution is -0.138. The Kier molecular flexibility index (Phi) is 5.44. The van der Waals surface area contributed by atoms with Crippen molar-refractivity contribution in [2.24, 2.45) is 5.41 Å². The lowest BCUT2D eigenvalue weighted by atomic mass is 9.87. The standard InChI is InChI=1S/C13H24N4O2/c1-5-6-7-11-14-15-16-17(11)10(8-12(18)19)9-13(2,3)4/h10H,5-9H2,1-4H3,(H,18,19). The predicted molar refractivity (Wildman–Crippen MR) is 71.8 cm³/mol. The van der Waals surface area contributed by atoms with Crippen LogP contribution in [-0.4, -0.2) is 31.3 Å². The van der Waals surface area contributed by atoms with Gasteiger partial charge in [-0.15, -0.1) is 5.10 Å². The van der Waals surface area contributed by atoms with Crippen molar-refractivity contribution >= 4 is 5.97 Å². The summed E-state index contributed by atoms with van der Waals surface area (Å²) in [6, 6.07) is -0.181. The Hall–Kier alpha value is -1.46. The summed E-state index contributed by atoms with van der Waals surface area (Å²) in [6.45, 7) is 8.39. The third-order valence-corrected chi connectivity index (χ3v) is 2.92. The minimum atomic E-state index is -0.814. The van der Waals surface area contributed by atoms with Crippen LogP contribution in [0.3, 0.4) is 0 Å². The van der Waals surface area contributed by atoms with Crippen LogP contribution in [0.1, 0.15) is 65.2 Å². The fraction of sp³-hybridized carbons (Fsp3) is 0.846. The lowest BCUT2D eigenvalue weighted by Crippen LogP contribution is -2.23. The zero-order chi connectivity index (χ0) is 14.5. The average molecular weight is 268 g/mol. The molecule has 0 radical (unpaired) electrons. The highest BCUT2D eigenvalue weighted by molar-refractivity contribution is 5.67. The predicted octanol–water partition coefficient (Wildman–Crippen LogP) is 2.47. The van der Waals surface area contributed by atoms with Gasteiger partial charge in [-0.25, -0.2) is 4.68 Å². The van der Waals surface area contributed by atoms with Gasteiger partial charge in [0.25, 0.3) is 0 Å². The molecule has 1 rings (SSSR count). The number of carboxylic acids is 1. The first-order valence-corrected chi connectivity index (χ1v) is 6.82.